The largest absolute Gasteiger partial charge is 0.490 e. The number of aromatic nitrogens is 2. The molecule has 0 spiro atoms. The quantitative estimate of drug-likeness (QED) is 0.420. The van der Waals surface area contributed by atoms with Crippen LogP contribution in [0.25, 0.3) is 10.8 Å². The second-order valence-electron chi connectivity index (χ2n) is 6.21. The van der Waals surface area contributed by atoms with E-state index in [1.807, 2.05) is 6.92 Å². The van der Waals surface area contributed by atoms with Crippen molar-refractivity contribution in [2.45, 2.75) is 26.3 Å². The minimum Gasteiger partial charge on any atom is -0.490 e. The van der Waals surface area contributed by atoms with Crippen molar-refractivity contribution >= 4 is 28.3 Å². The van der Waals surface area contributed by atoms with Gasteiger partial charge in [-0.05, 0) is 36.8 Å². The van der Waals surface area contributed by atoms with Crippen LogP contribution in [-0.2, 0) is 11.3 Å². The van der Waals surface area contributed by atoms with Gasteiger partial charge in [-0.1, -0.05) is 43.1 Å². The number of ether oxygens (including phenoxy) is 2. The number of fused-ring (bicyclic) bond motifs is 1. The van der Waals surface area contributed by atoms with Crippen molar-refractivity contribution in [3.63, 3.8) is 0 Å². The number of carbonyl (C=O) groups excluding carboxylic acids is 1. The number of aryl methyl sites for hydroxylation is 1. The Balaban J connectivity index is 1.72. The number of hydrogen-bond donors (Lipinski definition) is 0. The Morgan fingerprint density at radius 2 is 1.79 bits per heavy atom. The molecule has 7 heteroatoms. The second-order valence-corrected chi connectivity index (χ2v) is 6.65. The van der Waals surface area contributed by atoms with Crippen molar-refractivity contribution in [3.8, 4) is 5.75 Å². The Labute approximate surface area is 167 Å². The summed E-state index contributed by atoms with van der Waals surface area (Å²) in [5.41, 5.74) is -0.0653. The first-order valence-electron chi connectivity index (χ1n) is 9.15. The van der Waals surface area contributed by atoms with Crippen molar-refractivity contribution < 1.29 is 14.3 Å². The van der Waals surface area contributed by atoms with E-state index in [0.29, 0.717) is 28.1 Å². The first-order chi connectivity index (χ1) is 13.6. The molecule has 0 aliphatic heterocycles. The smallest absolute Gasteiger partial charge is 0.359 e. The van der Waals surface area contributed by atoms with Crippen LogP contribution in [0.15, 0.2) is 53.3 Å². The van der Waals surface area contributed by atoms with Crippen molar-refractivity contribution in [2.75, 3.05) is 13.2 Å². The van der Waals surface area contributed by atoms with Gasteiger partial charge in [0.25, 0.3) is 5.56 Å². The van der Waals surface area contributed by atoms with E-state index in [0.717, 1.165) is 12.8 Å². The predicted octanol–water partition coefficient (Wildman–Crippen LogP) is 4.09. The number of carbonyl (C=O) groups is 1. The molecule has 0 N–H and O–H groups in total. The molecular formula is C21H21ClN2O4. The molecule has 0 unspecified atom stereocenters. The van der Waals surface area contributed by atoms with Crippen LogP contribution in [0.1, 0.15) is 30.3 Å². The van der Waals surface area contributed by atoms with Crippen LogP contribution in [0.2, 0.25) is 5.02 Å². The molecule has 0 radical (unpaired) electrons. The Kier molecular flexibility index (Phi) is 6.66. The molecule has 0 aliphatic carbocycles. The van der Waals surface area contributed by atoms with E-state index in [9.17, 15) is 9.59 Å². The summed E-state index contributed by atoms with van der Waals surface area (Å²) in [7, 11) is 0. The molecule has 0 fully saturated rings. The molecule has 6 nitrogen and oxygen atoms in total. The van der Waals surface area contributed by atoms with Crippen LogP contribution >= 0.6 is 11.6 Å². The average Bonchev–Trinajstić information content (AvgIpc) is 2.72. The summed E-state index contributed by atoms with van der Waals surface area (Å²) in [6.07, 6.45) is 1.72. The van der Waals surface area contributed by atoms with Gasteiger partial charge in [-0.25, -0.2) is 9.48 Å². The highest BCUT2D eigenvalue weighted by Crippen LogP contribution is 2.16. The van der Waals surface area contributed by atoms with Gasteiger partial charge in [-0.3, -0.25) is 4.79 Å². The predicted molar refractivity (Wildman–Crippen MR) is 108 cm³/mol. The Bertz CT molecular complexity index is 1020. The fourth-order valence-electron chi connectivity index (χ4n) is 2.74. The summed E-state index contributed by atoms with van der Waals surface area (Å²) in [4.78, 5) is 25.1. The summed E-state index contributed by atoms with van der Waals surface area (Å²) in [6, 6.07) is 13.8. The molecule has 0 saturated heterocycles. The zero-order valence-corrected chi connectivity index (χ0v) is 16.3. The lowest BCUT2D eigenvalue weighted by molar-refractivity contribution is 0.0443. The first kappa shape index (κ1) is 19.9. The minimum absolute atomic E-state index is 0.0611. The maximum Gasteiger partial charge on any atom is 0.359 e. The monoisotopic (exact) mass is 400 g/mol. The zero-order chi connectivity index (χ0) is 19.9. The lowest BCUT2D eigenvalue weighted by Crippen LogP contribution is -2.27. The molecule has 3 rings (SSSR count). The van der Waals surface area contributed by atoms with Crippen molar-refractivity contribution in [1.82, 2.24) is 9.78 Å². The van der Waals surface area contributed by atoms with Crippen LogP contribution < -0.4 is 10.3 Å². The van der Waals surface area contributed by atoms with Crippen LogP contribution in [0.4, 0.5) is 0 Å². The van der Waals surface area contributed by atoms with Gasteiger partial charge in [0.1, 0.15) is 19.0 Å². The van der Waals surface area contributed by atoms with Crippen LogP contribution in [0, 0.1) is 0 Å². The molecule has 0 bridgehead atoms. The highest BCUT2D eigenvalue weighted by molar-refractivity contribution is 6.30. The number of benzene rings is 2. The lowest BCUT2D eigenvalue weighted by Gasteiger charge is -2.11. The van der Waals surface area contributed by atoms with E-state index >= 15 is 0 Å². The highest BCUT2D eigenvalue weighted by atomic mass is 35.5. The number of esters is 1. The maximum absolute atomic E-state index is 12.6. The summed E-state index contributed by atoms with van der Waals surface area (Å²) >= 11 is 5.83. The second kappa shape index (κ2) is 9.37. The van der Waals surface area contributed by atoms with Gasteiger partial charge in [0.05, 0.1) is 5.39 Å². The average molecular weight is 401 g/mol. The van der Waals surface area contributed by atoms with E-state index in [-0.39, 0.29) is 24.5 Å². The van der Waals surface area contributed by atoms with Gasteiger partial charge in [0.15, 0.2) is 5.69 Å². The number of rotatable bonds is 8. The minimum atomic E-state index is -0.582. The molecule has 146 valence electrons. The van der Waals surface area contributed by atoms with Crippen molar-refractivity contribution in [3.05, 3.63) is 69.6 Å². The molecule has 1 heterocycles. The SMILES string of the molecule is CCCCn1nc(C(=O)OCCOc2ccc(Cl)cc2)c2ccccc2c1=O. The number of nitrogens with zero attached hydrogens (tertiary/aromatic N) is 2. The molecule has 0 amide bonds. The molecule has 3 aromatic rings. The van der Waals surface area contributed by atoms with E-state index in [4.69, 9.17) is 21.1 Å². The van der Waals surface area contributed by atoms with Gasteiger partial charge >= 0.3 is 5.97 Å². The van der Waals surface area contributed by atoms with Gasteiger partial charge in [-0.15, -0.1) is 0 Å². The standard InChI is InChI=1S/C21H21ClN2O4/c1-2-3-12-24-20(25)18-7-5-4-6-17(18)19(23-24)21(26)28-14-13-27-16-10-8-15(22)9-11-16/h4-11H,2-3,12-14H2,1H3. The Morgan fingerprint density at radius 3 is 2.50 bits per heavy atom. The van der Waals surface area contributed by atoms with E-state index < -0.39 is 5.97 Å². The van der Waals surface area contributed by atoms with E-state index in [2.05, 4.69) is 5.10 Å². The Hall–Kier alpha value is -2.86. The lowest BCUT2D eigenvalue weighted by atomic mass is 10.1. The number of halogens is 1. The maximum atomic E-state index is 12.6. The van der Waals surface area contributed by atoms with Gasteiger partial charge in [-0.2, -0.15) is 5.10 Å². The van der Waals surface area contributed by atoms with Gasteiger partial charge in [0, 0.05) is 17.0 Å². The highest BCUT2D eigenvalue weighted by Gasteiger charge is 2.17. The fraction of sp³-hybridized carbons (Fsp3) is 0.286. The third-order valence-corrected chi connectivity index (χ3v) is 4.44. The normalized spacial score (nSPS) is 10.8. The van der Waals surface area contributed by atoms with E-state index in [1.165, 1.54) is 4.68 Å². The molecule has 0 saturated carbocycles. The summed E-state index contributed by atoms with van der Waals surface area (Å²) < 4.78 is 12.2. The van der Waals surface area contributed by atoms with Crippen LogP contribution in [0.5, 0.6) is 5.75 Å². The molecule has 2 aromatic carbocycles. The molecule has 0 atom stereocenters. The summed E-state index contributed by atoms with van der Waals surface area (Å²) in [5, 5.41) is 5.83. The van der Waals surface area contributed by atoms with Crippen LogP contribution in [-0.4, -0.2) is 29.0 Å². The van der Waals surface area contributed by atoms with E-state index in [1.54, 1.807) is 48.5 Å². The van der Waals surface area contributed by atoms with Crippen molar-refractivity contribution in [2.24, 2.45) is 0 Å². The molecule has 28 heavy (non-hydrogen) atoms. The molecule has 1 aromatic heterocycles. The molecule has 0 aliphatic rings. The third kappa shape index (κ3) is 4.70. The van der Waals surface area contributed by atoms with Crippen molar-refractivity contribution in [1.29, 1.82) is 0 Å². The first-order valence-corrected chi connectivity index (χ1v) is 9.53. The summed E-state index contributed by atoms with van der Waals surface area (Å²) in [6.45, 7) is 2.74. The topological polar surface area (TPSA) is 70.4 Å². The fourth-order valence-corrected chi connectivity index (χ4v) is 2.86. The molecular weight excluding hydrogens is 380 g/mol. The zero-order valence-electron chi connectivity index (χ0n) is 15.6. The van der Waals surface area contributed by atoms with Gasteiger partial charge in [0.2, 0.25) is 0 Å². The Morgan fingerprint density at radius 1 is 1.07 bits per heavy atom. The third-order valence-electron chi connectivity index (χ3n) is 4.18. The van der Waals surface area contributed by atoms with Crippen LogP contribution in [0.3, 0.4) is 0 Å². The van der Waals surface area contributed by atoms with Gasteiger partial charge < -0.3 is 9.47 Å². The number of unbranched alkanes of at least 4 members (excludes halogenated alkanes) is 1. The summed E-state index contributed by atoms with van der Waals surface area (Å²) in [5.74, 6) is 0.0540. The number of hydrogen-bond acceptors (Lipinski definition) is 5.